The van der Waals surface area contributed by atoms with Crippen molar-refractivity contribution in [2.24, 2.45) is 0 Å². The summed E-state index contributed by atoms with van der Waals surface area (Å²) in [6.07, 6.45) is 0. The van der Waals surface area contributed by atoms with E-state index >= 15 is 0 Å². The summed E-state index contributed by atoms with van der Waals surface area (Å²) < 4.78 is 0. The van der Waals surface area contributed by atoms with Gasteiger partial charge in [-0.05, 0) is 30.8 Å². The maximum atomic E-state index is 13.1. The second kappa shape index (κ2) is 7.00. The minimum absolute atomic E-state index is 0.00779. The molecule has 0 aliphatic heterocycles. The molecule has 0 bridgehead atoms. The molecule has 138 valence electrons. The van der Waals surface area contributed by atoms with E-state index in [4.69, 9.17) is 0 Å². The van der Waals surface area contributed by atoms with Gasteiger partial charge < -0.3 is 15.3 Å². The number of hydrogen-bond donors (Lipinski definition) is 2. The monoisotopic (exact) mass is 361 g/mol. The third kappa shape index (κ3) is 2.94. The lowest BCUT2D eigenvalue weighted by Gasteiger charge is -2.19. The molecule has 0 fully saturated rings. The van der Waals surface area contributed by atoms with E-state index in [-0.39, 0.29) is 11.5 Å². The number of nitrogens with zero attached hydrogens (tertiary/aromatic N) is 2. The summed E-state index contributed by atoms with van der Waals surface area (Å²) in [5.74, 6) is 0.770. The molecule has 0 spiro atoms. The summed E-state index contributed by atoms with van der Waals surface area (Å²) in [6, 6.07) is 12.8. The Morgan fingerprint density at radius 1 is 1.04 bits per heavy atom. The van der Waals surface area contributed by atoms with Crippen LogP contribution in [0, 0.1) is 0 Å². The molecule has 0 radical (unpaired) electrons. The molecule has 0 unspecified atom stereocenters. The molecule has 27 heavy (non-hydrogen) atoms. The number of aromatic nitrogens is 1. The van der Waals surface area contributed by atoms with Crippen molar-refractivity contribution in [3.8, 4) is 16.9 Å². The van der Waals surface area contributed by atoms with Crippen LogP contribution in [-0.2, 0) is 0 Å². The van der Waals surface area contributed by atoms with Crippen molar-refractivity contribution in [1.82, 2.24) is 9.88 Å². The van der Waals surface area contributed by atoms with E-state index in [9.17, 15) is 9.90 Å². The summed E-state index contributed by atoms with van der Waals surface area (Å²) in [5, 5.41) is 14.1. The fourth-order valence-corrected chi connectivity index (χ4v) is 3.79. The van der Waals surface area contributed by atoms with Crippen molar-refractivity contribution >= 4 is 22.5 Å². The smallest absolute Gasteiger partial charge is 0.198 e. The SMILES string of the molecule is CCN(CC)CCNc1nc2cc(O)ccc2c2c1C(=O)c1ccccc1-2. The Kier molecular flexibility index (Phi) is 4.54. The van der Waals surface area contributed by atoms with Crippen LogP contribution in [0.5, 0.6) is 5.75 Å². The normalized spacial score (nSPS) is 12.5. The zero-order valence-corrected chi connectivity index (χ0v) is 15.6. The van der Waals surface area contributed by atoms with Crippen LogP contribution in [0.3, 0.4) is 0 Å². The number of nitrogens with one attached hydrogen (secondary N) is 1. The van der Waals surface area contributed by atoms with Gasteiger partial charge in [-0.3, -0.25) is 4.79 Å². The summed E-state index contributed by atoms with van der Waals surface area (Å²) in [7, 11) is 0. The van der Waals surface area contributed by atoms with Crippen LogP contribution in [0.1, 0.15) is 29.8 Å². The van der Waals surface area contributed by atoms with E-state index in [1.807, 2.05) is 30.3 Å². The molecule has 0 saturated heterocycles. The first-order chi connectivity index (χ1) is 13.1. The predicted octanol–water partition coefficient (Wildman–Crippen LogP) is 3.91. The summed E-state index contributed by atoms with van der Waals surface area (Å²) in [4.78, 5) is 20.1. The zero-order chi connectivity index (χ0) is 19.0. The quantitative estimate of drug-likeness (QED) is 0.545. The number of rotatable bonds is 6. The lowest BCUT2D eigenvalue weighted by Crippen LogP contribution is -2.29. The van der Waals surface area contributed by atoms with Crippen LogP contribution in [0.2, 0.25) is 0 Å². The van der Waals surface area contributed by atoms with Crippen molar-refractivity contribution < 1.29 is 9.90 Å². The highest BCUT2D eigenvalue weighted by Gasteiger charge is 2.32. The third-order valence-corrected chi connectivity index (χ3v) is 5.25. The van der Waals surface area contributed by atoms with Crippen LogP contribution >= 0.6 is 0 Å². The number of carbonyl (C=O) groups excluding carboxylic acids is 1. The van der Waals surface area contributed by atoms with Gasteiger partial charge in [0.1, 0.15) is 11.6 Å². The number of fused-ring (bicyclic) bond motifs is 5. The molecule has 2 N–H and O–H groups in total. The number of benzene rings is 2. The summed E-state index contributed by atoms with van der Waals surface area (Å²) >= 11 is 0. The number of hydrogen-bond acceptors (Lipinski definition) is 5. The molecule has 5 nitrogen and oxygen atoms in total. The highest BCUT2D eigenvalue weighted by molar-refractivity contribution is 6.28. The number of phenols is 1. The van der Waals surface area contributed by atoms with E-state index < -0.39 is 0 Å². The number of pyridine rings is 1. The number of aromatic hydroxyl groups is 1. The van der Waals surface area contributed by atoms with E-state index in [2.05, 4.69) is 29.0 Å². The molecule has 0 saturated carbocycles. The number of likely N-dealkylation sites (N-methyl/N-ethyl adjacent to an activating group) is 1. The van der Waals surface area contributed by atoms with Gasteiger partial charge in [0.15, 0.2) is 5.78 Å². The molecule has 5 heteroatoms. The number of phenolic OH excluding ortho intramolecular Hbond substituents is 1. The first-order valence-electron chi connectivity index (χ1n) is 9.41. The molecule has 2 aromatic carbocycles. The molecule has 1 aromatic heterocycles. The molecule has 0 atom stereocenters. The van der Waals surface area contributed by atoms with Gasteiger partial charge >= 0.3 is 0 Å². The van der Waals surface area contributed by atoms with Gasteiger partial charge in [-0.15, -0.1) is 0 Å². The lowest BCUT2D eigenvalue weighted by molar-refractivity contribution is 0.104. The van der Waals surface area contributed by atoms with Crippen molar-refractivity contribution in [3.05, 3.63) is 53.6 Å². The molecule has 0 amide bonds. The van der Waals surface area contributed by atoms with Crippen LogP contribution in [0.4, 0.5) is 5.82 Å². The average Bonchev–Trinajstić information content (AvgIpc) is 2.98. The van der Waals surface area contributed by atoms with Gasteiger partial charge in [0, 0.05) is 35.7 Å². The topological polar surface area (TPSA) is 65.5 Å². The predicted molar refractivity (Wildman–Crippen MR) is 109 cm³/mol. The van der Waals surface area contributed by atoms with Crippen molar-refractivity contribution in [3.63, 3.8) is 0 Å². The van der Waals surface area contributed by atoms with Gasteiger partial charge in [0.05, 0.1) is 11.1 Å². The lowest BCUT2D eigenvalue weighted by atomic mass is 10.0. The molecular weight excluding hydrogens is 338 g/mol. The molecular formula is C22H23N3O2. The van der Waals surface area contributed by atoms with Crippen molar-refractivity contribution in [2.75, 3.05) is 31.5 Å². The van der Waals surface area contributed by atoms with Crippen LogP contribution < -0.4 is 5.32 Å². The maximum Gasteiger partial charge on any atom is 0.198 e. The second-order valence-electron chi connectivity index (χ2n) is 6.74. The van der Waals surface area contributed by atoms with E-state index in [1.54, 1.807) is 12.1 Å². The third-order valence-electron chi connectivity index (χ3n) is 5.25. The number of carbonyl (C=O) groups is 1. The van der Waals surface area contributed by atoms with Gasteiger partial charge in [-0.25, -0.2) is 4.98 Å². The molecule has 4 rings (SSSR count). The number of anilines is 1. The van der Waals surface area contributed by atoms with Gasteiger partial charge in [0.2, 0.25) is 0 Å². The fraction of sp³-hybridized carbons (Fsp3) is 0.273. The second-order valence-corrected chi connectivity index (χ2v) is 6.74. The van der Waals surface area contributed by atoms with Crippen molar-refractivity contribution in [2.45, 2.75) is 13.8 Å². The first kappa shape index (κ1) is 17.5. The fourth-order valence-electron chi connectivity index (χ4n) is 3.79. The highest BCUT2D eigenvalue weighted by atomic mass is 16.3. The molecule has 1 aliphatic carbocycles. The van der Waals surface area contributed by atoms with Crippen LogP contribution in [0.25, 0.3) is 22.0 Å². The van der Waals surface area contributed by atoms with E-state index in [0.717, 1.165) is 36.1 Å². The summed E-state index contributed by atoms with van der Waals surface area (Å²) in [5.41, 5.74) is 3.87. The Labute approximate surface area is 158 Å². The van der Waals surface area contributed by atoms with Gasteiger partial charge in [-0.2, -0.15) is 0 Å². The number of ketones is 1. The Hall–Kier alpha value is -2.92. The van der Waals surface area contributed by atoms with Crippen molar-refractivity contribution in [1.29, 1.82) is 0 Å². The zero-order valence-electron chi connectivity index (χ0n) is 15.6. The Balaban J connectivity index is 1.83. The highest BCUT2D eigenvalue weighted by Crippen LogP contribution is 2.44. The minimum atomic E-state index is 0.00779. The largest absolute Gasteiger partial charge is 0.508 e. The first-order valence-corrected chi connectivity index (χ1v) is 9.41. The molecule has 3 aromatic rings. The Morgan fingerprint density at radius 3 is 2.52 bits per heavy atom. The molecule has 1 aliphatic rings. The van der Waals surface area contributed by atoms with Crippen LogP contribution in [0.15, 0.2) is 42.5 Å². The van der Waals surface area contributed by atoms with E-state index in [0.29, 0.717) is 29.0 Å². The van der Waals surface area contributed by atoms with E-state index in [1.165, 1.54) is 0 Å². The average molecular weight is 361 g/mol. The van der Waals surface area contributed by atoms with Crippen LogP contribution in [-0.4, -0.2) is 47.0 Å². The standard InChI is InChI=1S/C22H23N3O2/c1-3-25(4-2)12-11-23-22-20-19(15-7-5-6-8-16(15)21(20)27)17-10-9-14(26)13-18(17)24-22/h5-10,13,26H,3-4,11-12H2,1-2H3,(H,23,24). The maximum absolute atomic E-state index is 13.1. The molecule has 1 heterocycles. The Morgan fingerprint density at radius 2 is 1.78 bits per heavy atom. The minimum Gasteiger partial charge on any atom is -0.508 e. The van der Waals surface area contributed by atoms with Gasteiger partial charge in [0.25, 0.3) is 0 Å². The Bertz CT molecular complexity index is 1030. The summed E-state index contributed by atoms with van der Waals surface area (Å²) in [6.45, 7) is 7.83. The van der Waals surface area contributed by atoms with Gasteiger partial charge in [-0.1, -0.05) is 38.1 Å².